The van der Waals surface area contributed by atoms with E-state index in [-0.39, 0.29) is 0 Å². The summed E-state index contributed by atoms with van der Waals surface area (Å²) in [5, 5.41) is 21.1. The maximum Gasteiger partial charge on any atom is 0.359 e. The summed E-state index contributed by atoms with van der Waals surface area (Å²) in [7, 11) is 0. The van der Waals surface area contributed by atoms with E-state index in [9.17, 15) is 10.0 Å². The van der Waals surface area contributed by atoms with E-state index in [4.69, 9.17) is 0 Å². The molecule has 0 aromatic heterocycles. The van der Waals surface area contributed by atoms with E-state index in [0.29, 0.717) is 0 Å². The van der Waals surface area contributed by atoms with E-state index < -0.39 is 13.8 Å². The van der Waals surface area contributed by atoms with Gasteiger partial charge in [0.2, 0.25) is 0 Å². The van der Waals surface area contributed by atoms with Crippen molar-refractivity contribution in [3.63, 3.8) is 0 Å². The lowest BCUT2D eigenvalue weighted by atomic mass is 9.52. The van der Waals surface area contributed by atoms with Gasteiger partial charge in [-0.2, -0.15) is 0 Å². The van der Waals surface area contributed by atoms with Crippen LogP contribution in [-0.4, -0.2) is 23.9 Å². The molecule has 3 rings (SSSR count). The first-order valence-electron chi connectivity index (χ1n) is 7.73. The summed E-state index contributed by atoms with van der Waals surface area (Å²) in [4.78, 5) is 0. The van der Waals surface area contributed by atoms with Crippen LogP contribution in [0, 0.1) is 6.92 Å². The van der Waals surface area contributed by atoms with Gasteiger partial charge >= 0.3 is 13.8 Å². The molecule has 23 heavy (non-hydrogen) atoms. The van der Waals surface area contributed by atoms with Crippen LogP contribution in [0.4, 0.5) is 0 Å². The number of rotatable bonds is 4. The van der Waals surface area contributed by atoms with Crippen LogP contribution in [-0.2, 0) is 0 Å². The average Bonchev–Trinajstić information content (AvgIpc) is 2.62. The van der Waals surface area contributed by atoms with Crippen LogP contribution in [0.3, 0.4) is 0 Å². The van der Waals surface area contributed by atoms with E-state index in [1.165, 1.54) is 0 Å². The van der Waals surface area contributed by atoms with Crippen LogP contribution >= 0.6 is 0 Å². The minimum Gasteiger partial charge on any atom is -0.443 e. The maximum atomic E-state index is 10.6. The molecule has 0 aliphatic heterocycles. The van der Waals surface area contributed by atoms with Crippen LogP contribution in [0.15, 0.2) is 78.9 Å². The fourth-order valence-corrected chi connectivity index (χ4v) is 2.82. The Labute approximate surface area is 137 Å². The predicted octanol–water partition coefficient (Wildman–Crippen LogP) is 0.191. The molecule has 2 nitrogen and oxygen atoms in total. The second-order valence-electron chi connectivity index (χ2n) is 5.74. The van der Waals surface area contributed by atoms with Crippen molar-refractivity contribution in [2.75, 3.05) is 0 Å². The molecule has 0 atom stereocenters. The van der Waals surface area contributed by atoms with Gasteiger partial charge in [-0.3, -0.25) is 0 Å². The molecule has 2 N–H and O–H groups in total. The minimum absolute atomic E-state index is 0.654. The summed E-state index contributed by atoms with van der Waals surface area (Å²) in [6.07, 6.45) is 0. The van der Waals surface area contributed by atoms with Crippen molar-refractivity contribution in [2.24, 2.45) is 0 Å². The number of benzene rings is 3. The molecule has 0 unspecified atom stereocenters. The molecule has 0 heterocycles. The highest BCUT2D eigenvalue weighted by Gasteiger charge is 2.22. The van der Waals surface area contributed by atoms with Crippen molar-refractivity contribution in [3.8, 4) is 0 Å². The Balaban J connectivity index is 1.89. The van der Waals surface area contributed by atoms with Crippen molar-refractivity contribution in [1.29, 1.82) is 0 Å². The molecule has 0 spiro atoms. The third-order valence-electron chi connectivity index (χ3n) is 4.13. The number of hydrogen-bond acceptors (Lipinski definition) is 2. The Morgan fingerprint density at radius 2 is 1.13 bits per heavy atom. The van der Waals surface area contributed by atoms with E-state index in [1.807, 2.05) is 85.8 Å². The van der Waals surface area contributed by atoms with Gasteiger partial charge in [0, 0.05) is 0 Å². The lowest BCUT2D eigenvalue weighted by molar-refractivity contribution is 0.598. The molecule has 4 heteroatoms. The van der Waals surface area contributed by atoms with Crippen molar-refractivity contribution in [3.05, 3.63) is 84.4 Å². The van der Waals surface area contributed by atoms with Crippen LogP contribution in [0.5, 0.6) is 0 Å². The monoisotopic (exact) mass is 300 g/mol. The summed E-state index contributed by atoms with van der Waals surface area (Å²) < 4.78 is 0. The molecule has 0 amide bonds. The van der Waals surface area contributed by atoms with Crippen molar-refractivity contribution in [1.82, 2.24) is 0 Å². The summed E-state index contributed by atoms with van der Waals surface area (Å²) in [6, 6.07) is 24.9. The van der Waals surface area contributed by atoms with Gasteiger partial charge in [0.25, 0.3) is 0 Å². The average molecular weight is 300 g/mol. The van der Waals surface area contributed by atoms with E-state index in [2.05, 4.69) is 0 Å². The van der Waals surface area contributed by atoms with Crippen LogP contribution < -0.4 is 21.9 Å². The Hall–Kier alpha value is -2.29. The smallest absolute Gasteiger partial charge is 0.359 e. The van der Waals surface area contributed by atoms with Crippen molar-refractivity contribution < 1.29 is 10.0 Å². The first-order chi connectivity index (χ1) is 11.2. The van der Waals surface area contributed by atoms with Crippen LogP contribution in [0.25, 0.3) is 0 Å². The zero-order valence-electron chi connectivity index (χ0n) is 13.1. The highest BCUT2D eigenvalue weighted by Crippen LogP contribution is 1.97. The molecule has 0 saturated carbocycles. The van der Waals surface area contributed by atoms with Crippen molar-refractivity contribution >= 4 is 35.7 Å². The molecule has 112 valence electrons. The second kappa shape index (κ2) is 6.86. The fraction of sp³-hybridized carbons (Fsp3) is 0.0526. The van der Waals surface area contributed by atoms with E-state index >= 15 is 0 Å². The summed E-state index contributed by atoms with van der Waals surface area (Å²) >= 11 is 0. The molecule has 3 aromatic carbocycles. The van der Waals surface area contributed by atoms with Gasteiger partial charge in [-0.25, -0.2) is 0 Å². The lowest BCUT2D eigenvalue weighted by Gasteiger charge is -2.14. The first kappa shape index (κ1) is 15.6. The van der Waals surface area contributed by atoms with Gasteiger partial charge in [0.15, 0.2) is 0 Å². The molecule has 0 fully saturated rings. The summed E-state index contributed by atoms with van der Waals surface area (Å²) in [5.41, 5.74) is 4.39. The molecule has 0 aliphatic carbocycles. The van der Waals surface area contributed by atoms with E-state index in [0.717, 1.165) is 27.4 Å². The molecular weight excluding hydrogens is 282 g/mol. The number of aryl methyl sites for hydroxylation is 1. The first-order valence-corrected chi connectivity index (χ1v) is 7.73. The topological polar surface area (TPSA) is 40.5 Å². The molecule has 0 radical (unpaired) electrons. The van der Waals surface area contributed by atoms with Gasteiger partial charge < -0.3 is 10.0 Å². The highest BCUT2D eigenvalue weighted by molar-refractivity contribution is 6.80. The van der Waals surface area contributed by atoms with Gasteiger partial charge in [-0.1, -0.05) is 84.4 Å². The molecule has 0 bridgehead atoms. The quantitative estimate of drug-likeness (QED) is 0.675. The highest BCUT2D eigenvalue weighted by atomic mass is 16.2. The second-order valence-corrected chi connectivity index (χ2v) is 5.74. The largest absolute Gasteiger partial charge is 0.443 e. The zero-order chi connectivity index (χ0) is 16.2. The molecule has 0 saturated heterocycles. The van der Waals surface area contributed by atoms with Crippen molar-refractivity contribution in [2.45, 2.75) is 6.92 Å². The Kier molecular flexibility index (Phi) is 4.65. The predicted molar refractivity (Wildman–Crippen MR) is 98.5 cm³/mol. The number of hydrogen-bond donors (Lipinski definition) is 2. The molecular formula is C19H18B2O2. The lowest BCUT2D eigenvalue weighted by Crippen LogP contribution is -2.47. The Morgan fingerprint density at radius 3 is 1.65 bits per heavy atom. The SMILES string of the molecule is Cc1cc(B(O)c2ccccc2)ccc1B(O)c1ccccc1. The molecule has 0 aliphatic rings. The third-order valence-corrected chi connectivity index (χ3v) is 4.13. The van der Waals surface area contributed by atoms with Crippen LogP contribution in [0.1, 0.15) is 5.56 Å². The van der Waals surface area contributed by atoms with Gasteiger partial charge in [0.05, 0.1) is 0 Å². The zero-order valence-corrected chi connectivity index (χ0v) is 13.1. The Bertz CT molecular complexity index is 776. The maximum absolute atomic E-state index is 10.6. The Morgan fingerprint density at radius 1 is 0.609 bits per heavy atom. The van der Waals surface area contributed by atoms with Gasteiger partial charge in [-0.05, 0) is 28.8 Å². The van der Waals surface area contributed by atoms with Crippen LogP contribution in [0.2, 0.25) is 0 Å². The molecule has 3 aromatic rings. The fourth-order valence-electron chi connectivity index (χ4n) is 2.82. The minimum atomic E-state index is -0.655. The standard InChI is InChI=1S/C19H18B2O2/c1-15-14-18(20(22)16-8-4-2-5-9-16)12-13-19(15)21(23)17-10-6-3-7-11-17/h2-14,22-23H,1H3. The van der Waals surface area contributed by atoms with Gasteiger partial charge in [-0.15, -0.1) is 0 Å². The normalized spacial score (nSPS) is 10.4. The third kappa shape index (κ3) is 3.39. The van der Waals surface area contributed by atoms with Gasteiger partial charge in [0.1, 0.15) is 0 Å². The summed E-state index contributed by atoms with van der Waals surface area (Å²) in [6.45, 7) is 0.653. The summed E-state index contributed by atoms with van der Waals surface area (Å²) in [5.74, 6) is 0. The van der Waals surface area contributed by atoms with E-state index in [1.54, 1.807) is 0 Å².